The van der Waals surface area contributed by atoms with Gasteiger partial charge in [-0.05, 0) is 60.4 Å². The Labute approximate surface area is 210 Å². The molecule has 2 aliphatic heterocycles. The zero-order chi connectivity index (χ0) is 26.1. The average molecular weight is 524 g/mol. The van der Waals surface area contributed by atoms with E-state index in [-0.39, 0.29) is 29.4 Å². The van der Waals surface area contributed by atoms with Crippen LogP contribution in [0.1, 0.15) is 71.9 Å². The molecule has 1 amide bonds. The van der Waals surface area contributed by atoms with Crippen LogP contribution in [0, 0.1) is 11.8 Å². The lowest BCUT2D eigenvalue weighted by molar-refractivity contribution is -0.137. The highest BCUT2D eigenvalue weighted by Crippen LogP contribution is 2.39. The minimum atomic E-state index is -4.36. The summed E-state index contributed by atoms with van der Waals surface area (Å²) in [7, 11) is -2.89. The fraction of sp³-hybridized carbons (Fsp3) is 0.538. The van der Waals surface area contributed by atoms with Gasteiger partial charge in [0.15, 0.2) is 0 Å². The number of halogens is 3. The molecule has 0 saturated carbocycles. The summed E-state index contributed by atoms with van der Waals surface area (Å²) in [5.74, 6) is 0.765. The Kier molecular flexibility index (Phi) is 7.75. The molecule has 1 atom stereocenters. The summed E-state index contributed by atoms with van der Waals surface area (Å²) < 4.78 is 61.9. The Morgan fingerprint density at radius 1 is 1.17 bits per heavy atom. The van der Waals surface area contributed by atoms with E-state index in [0.717, 1.165) is 35.4 Å². The molecular weight excluding hydrogens is 491 g/mol. The molecule has 6 nitrogen and oxygen atoms in total. The third-order valence-electron chi connectivity index (χ3n) is 7.12. The number of alkyl halides is 3. The van der Waals surface area contributed by atoms with Crippen LogP contribution in [0.2, 0.25) is 0 Å². The molecule has 36 heavy (non-hydrogen) atoms. The second kappa shape index (κ2) is 10.5. The molecule has 1 aromatic heterocycles. The van der Waals surface area contributed by atoms with E-state index in [9.17, 15) is 26.4 Å². The quantitative estimate of drug-likeness (QED) is 0.566. The summed E-state index contributed by atoms with van der Waals surface area (Å²) in [5, 5.41) is 2.93. The van der Waals surface area contributed by atoms with Crippen LogP contribution in [0.15, 0.2) is 36.5 Å². The number of amides is 1. The Morgan fingerprint density at radius 2 is 1.83 bits per heavy atom. The number of nitrogens with zero attached hydrogens (tertiary/aromatic N) is 2. The molecular formula is C26H32F3N3O3S. The standard InChI is InChI=1S/C26H32F3N3O3S/c1-17(2)24-23-21(16-32(24)15-19-3-5-22(6-4-19)26(27,28)29)13-20(14-31-23)25(33)30-10-7-18-8-11-36(34,35)12-9-18/h3-6,13-14,17-18,24H,7-12,15-16H2,1-2H3,(H,30,33)/t24-/m0/s1. The van der Waals surface area contributed by atoms with Crippen molar-refractivity contribution in [2.45, 2.75) is 58.4 Å². The van der Waals surface area contributed by atoms with Gasteiger partial charge in [-0.3, -0.25) is 14.7 Å². The average Bonchev–Trinajstić information content (AvgIpc) is 3.17. The van der Waals surface area contributed by atoms with E-state index >= 15 is 0 Å². The van der Waals surface area contributed by atoms with E-state index in [1.54, 1.807) is 6.20 Å². The van der Waals surface area contributed by atoms with Gasteiger partial charge in [0.2, 0.25) is 0 Å². The fourth-order valence-corrected chi connectivity index (χ4v) is 6.76. The highest BCUT2D eigenvalue weighted by molar-refractivity contribution is 7.91. The lowest BCUT2D eigenvalue weighted by Crippen LogP contribution is -2.29. The summed E-state index contributed by atoms with van der Waals surface area (Å²) in [6.07, 6.45) is -0.747. The predicted octanol–water partition coefficient (Wildman–Crippen LogP) is 4.76. The minimum Gasteiger partial charge on any atom is -0.352 e. The monoisotopic (exact) mass is 523 g/mol. The Bertz CT molecular complexity index is 1180. The van der Waals surface area contributed by atoms with Crippen molar-refractivity contribution in [1.29, 1.82) is 0 Å². The number of nitrogens with one attached hydrogen (secondary N) is 1. The van der Waals surface area contributed by atoms with Crippen LogP contribution >= 0.6 is 0 Å². The number of carbonyl (C=O) groups excluding carboxylic acids is 1. The smallest absolute Gasteiger partial charge is 0.352 e. The van der Waals surface area contributed by atoms with Crippen LogP contribution in [0.3, 0.4) is 0 Å². The number of benzene rings is 1. The van der Waals surface area contributed by atoms with Crippen LogP contribution < -0.4 is 5.32 Å². The molecule has 196 valence electrons. The SMILES string of the molecule is CC(C)[C@H]1c2ncc(C(=O)NCCC3CCS(=O)(=O)CC3)cc2CN1Cc1ccc(C(F)(F)F)cc1. The molecule has 1 saturated heterocycles. The van der Waals surface area contributed by atoms with Crippen molar-refractivity contribution in [3.8, 4) is 0 Å². The molecule has 2 aliphatic rings. The van der Waals surface area contributed by atoms with E-state index < -0.39 is 21.6 Å². The molecule has 1 aromatic carbocycles. The zero-order valence-electron chi connectivity index (χ0n) is 20.5. The number of aromatic nitrogens is 1. The molecule has 0 aliphatic carbocycles. The Balaban J connectivity index is 1.38. The molecule has 0 unspecified atom stereocenters. The van der Waals surface area contributed by atoms with Crippen molar-refractivity contribution in [2.75, 3.05) is 18.1 Å². The summed E-state index contributed by atoms with van der Waals surface area (Å²) in [5.41, 5.74) is 2.44. The van der Waals surface area contributed by atoms with Gasteiger partial charge in [-0.1, -0.05) is 26.0 Å². The number of rotatable bonds is 7. The van der Waals surface area contributed by atoms with Gasteiger partial charge >= 0.3 is 6.18 Å². The zero-order valence-corrected chi connectivity index (χ0v) is 21.3. The van der Waals surface area contributed by atoms with Gasteiger partial charge in [-0.15, -0.1) is 0 Å². The van der Waals surface area contributed by atoms with Gasteiger partial charge in [-0.2, -0.15) is 13.2 Å². The van der Waals surface area contributed by atoms with Crippen molar-refractivity contribution in [2.24, 2.45) is 11.8 Å². The molecule has 10 heteroatoms. The maximum absolute atomic E-state index is 12.9. The van der Waals surface area contributed by atoms with Gasteiger partial charge in [0.25, 0.3) is 5.91 Å². The summed E-state index contributed by atoms with van der Waals surface area (Å²) in [4.78, 5) is 19.5. The lowest BCUT2D eigenvalue weighted by atomic mass is 9.98. The number of hydrogen-bond acceptors (Lipinski definition) is 5. The third kappa shape index (κ3) is 6.26. The van der Waals surface area contributed by atoms with Crippen molar-refractivity contribution < 1.29 is 26.4 Å². The number of hydrogen-bond donors (Lipinski definition) is 1. The molecule has 2 aromatic rings. The van der Waals surface area contributed by atoms with E-state index in [0.29, 0.717) is 44.0 Å². The maximum Gasteiger partial charge on any atom is 0.416 e. The second-order valence-corrected chi connectivity index (χ2v) is 12.5. The van der Waals surface area contributed by atoms with Crippen LogP contribution in [0.4, 0.5) is 13.2 Å². The molecule has 0 radical (unpaired) electrons. The van der Waals surface area contributed by atoms with Crippen LogP contribution in [0.5, 0.6) is 0 Å². The minimum absolute atomic E-state index is 0.00184. The predicted molar refractivity (Wildman–Crippen MR) is 131 cm³/mol. The Morgan fingerprint density at radius 3 is 2.44 bits per heavy atom. The van der Waals surface area contributed by atoms with Crippen LogP contribution in [-0.2, 0) is 29.1 Å². The largest absolute Gasteiger partial charge is 0.416 e. The first kappa shape index (κ1) is 26.6. The highest BCUT2D eigenvalue weighted by Gasteiger charge is 2.35. The van der Waals surface area contributed by atoms with Crippen molar-refractivity contribution >= 4 is 15.7 Å². The lowest BCUT2D eigenvalue weighted by Gasteiger charge is -2.27. The summed E-state index contributed by atoms with van der Waals surface area (Å²) >= 11 is 0. The molecule has 0 bridgehead atoms. The van der Waals surface area contributed by atoms with Gasteiger partial charge in [0.1, 0.15) is 9.84 Å². The van der Waals surface area contributed by atoms with Crippen molar-refractivity contribution in [3.63, 3.8) is 0 Å². The number of fused-ring (bicyclic) bond motifs is 1. The molecule has 1 fully saturated rings. The number of carbonyl (C=O) groups is 1. The third-order valence-corrected chi connectivity index (χ3v) is 8.84. The molecule has 3 heterocycles. The molecule has 4 rings (SSSR count). The van der Waals surface area contributed by atoms with Crippen LogP contribution in [-0.4, -0.2) is 42.3 Å². The molecule has 0 spiro atoms. The topological polar surface area (TPSA) is 79.4 Å². The number of pyridine rings is 1. The van der Waals surface area contributed by atoms with Crippen LogP contribution in [0.25, 0.3) is 0 Å². The second-order valence-electron chi connectivity index (χ2n) is 10.2. The fourth-order valence-electron chi connectivity index (χ4n) is 5.17. The first-order chi connectivity index (χ1) is 16.9. The maximum atomic E-state index is 12.9. The van der Waals surface area contributed by atoms with Crippen molar-refractivity contribution in [1.82, 2.24) is 15.2 Å². The first-order valence-electron chi connectivity index (χ1n) is 12.3. The van der Waals surface area contributed by atoms with E-state index in [1.165, 1.54) is 12.1 Å². The molecule has 1 N–H and O–H groups in total. The van der Waals surface area contributed by atoms with Gasteiger partial charge in [0, 0.05) is 25.8 Å². The van der Waals surface area contributed by atoms with E-state index in [1.807, 2.05) is 6.07 Å². The summed E-state index contributed by atoms with van der Waals surface area (Å²) in [6.45, 7) is 5.69. The van der Waals surface area contributed by atoms with E-state index in [4.69, 9.17) is 0 Å². The Hall–Kier alpha value is -2.46. The van der Waals surface area contributed by atoms with E-state index in [2.05, 4.69) is 29.0 Å². The normalized spacial score (nSPS) is 20.4. The number of sulfone groups is 1. The van der Waals surface area contributed by atoms with Gasteiger partial charge < -0.3 is 5.32 Å². The van der Waals surface area contributed by atoms with Gasteiger partial charge in [-0.25, -0.2) is 8.42 Å². The highest BCUT2D eigenvalue weighted by atomic mass is 32.2. The summed E-state index contributed by atoms with van der Waals surface area (Å²) in [6, 6.07) is 7.09. The first-order valence-corrected chi connectivity index (χ1v) is 14.1. The van der Waals surface area contributed by atoms with Crippen molar-refractivity contribution in [3.05, 3.63) is 64.5 Å². The van der Waals surface area contributed by atoms with Gasteiger partial charge in [0.05, 0.1) is 34.4 Å².